The third-order valence-corrected chi connectivity index (χ3v) is 5.07. The predicted octanol–water partition coefficient (Wildman–Crippen LogP) is 3.52. The Labute approximate surface area is 165 Å². The van der Waals surface area contributed by atoms with Crippen LogP contribution >= 0.6 is 0 Å². The molecule has 0 amide bonds. The molecule has 0 saturated carbocycles. The lowest BCUT2D eigenvalue weighted by Crippen LogP contribution is -2.14. The van der Waals surface area contributed by atoms with Gasteiger partial charge in [-0.2, -0.15) is 5.10 Å². The van der Waals surface area contributed by atoms with Gasteiger partial charge in [0.15, 0.2) is 11.5 Å². The minimum absolute atomic E-state index is 0.398. The van der Waals surface area contributed by atoms with Crippen LogP contribution < -0.4 is 14.8 Å². The van der Waals surface area contributed by atoms with E-state index in [-0.39, 0.29) is 0 Å². The van der Waals surface area contributed by atoms with Crippen molar-refractivity contribution in [3.05, 3.63) is 57.7 Å². The first-order chi connectivity index (χ1) is 13.4. The summed E-state index contributed by atoms with van der Waals surface area (Å²) in [7, 11) is 3.62. The normalized spacial score (nSPS) is 11.1. The fourth-order valence-corrected chi connectivity index (χ4v) is 3.20. The number of benzene rings is 1. The fraction of sp³-hybridized carbons (Fsp3) is 0.429. The van der Waals surface area contributed by atoms with E-state index in [4.69, 9.17) is 14.0 Å². The van der Waals surface area contributed by atoms with Gasteiger partial charge in [0.05, 0.1) is 24.1 Å². The van der Waals surface area contributed by atoms with Crippen LogP contribution in [0.1, 0.15) is 39.5 Å². The van der Waals surface area contributed by atoms with Crippen molar-refractivity contribution >= 4 is 0 Å². The summed E-state index contributed by atoms with van der Waals surface area (Å²) in [5.41, 5.74) is 6.43. The summed E-state index contributed by atoms with van der Waals surface area (Å²) < 4.78 is 18.6. The summed E-state index contributed by atoms with van der Waals surface area (Å²) in [4.78, 5) is 0. The lowest BCUT2D eigenvalue weighted by Gasteiger charge is -2.13. The smallest absolute Gasteiger partial charge is 0.161 e. The molecule has 3 rings (SSSR count). The molecule has 1 N–H and O–H groups in total. The molecule has 1 aromatic carbocycles. The summed E-state index contributed by atoms with van der Waals surface area (Å²) in [5, 5.41) is 11.9. The lowest BCUT2D eigenvalue weighted by molar-refractivity contribution is 0.281. The highest BCUT2D eigenvalue weighted by Crippen LogP contribution is 2.29. The molecule has 7 heteroatoms. The van der Waals surface area contributed by atoms with Crippen molar-refractivity contribution in [3.8, 4) is 11.5 Å². The number of ether oxygens (including phenoxy) is 2. The highest BCUT2D eigenvalue weighted by atomic mass is 16.5. The van der Waals surface area contributed by atoms with Crippen LogP contribution in [-0.4, -0.2) is 22.0 Å². The van der Waals surface area contributed by atoms with Crippen LogP contribution in [0, 0.1) is 27.7 Å². The fourth-order valence-electron chi connectivity index (χ4n) is 3.20. The third-order valence-electron chi connectivity index (χ3n) is 5.07. The molecule has 0 unspecified atom stereocenters. The SMILES string of the molecule is COc1cc(CNCc2c(C)nn(C)c2C)ccc1OCc1c(C)noc1C. The molecule has 2 heterocycles. The highest BCUT2D eigenvalue weighted by molar-refractivity contribution is 5.43. The van der Waals surface area contributed by atoms with E-state index >= 15 is 0 Å². The lowest BCUT2D eigenvalue weighted by atomic mass is 10.1. The molecule has 0 spiro atoms. The topological polar surface area (TPSA) is 74.3 Å². The van der Waals surface area contributed by atoms with Gasteiger partial charge >= 0.3 is 0 Å². The molecule has 0 aliphatic rings. The Kier molecular flexibility index (Phi) is 6.04. The second kappa shape index (κ2) is 8.48. The number of aryl methyl sites for hydroxylation is 4. The van der Waals surface area contributed by atoms with E-state index < -0.39 is 0 Å². The highest BCUT2D eigenvalue weighted by Gasteiger charge is 2.13. The molecule has 7 nitrogen and oxygen atoms in total. The van der Waals surface area contributed by atoms with Crippen molar-refractivity contribution in [2.24, 2.45) is 7.05 Å². The van der Waals surface area contributed by atoms with Gasteiger partial charge in [-0.25, -0.2) is 0 Å². The van der Waals surface area contributed by atoms with Gasteiger partial charge in [-0.1, -0.05) is 11.2 Å². The summed E-state index contributed by atoms with van der Waals surface area (Å²) in [6.07, 6.45) is 0. The van der Waals surface area contributed by atoms with Crippen molar-refractivity contribution in [2.45, 2.75) is 47.4 Å². The Morgan fingerprint density at radius 1 is 1.04 bits per heavy atom. The van der Waals surface area contributed by atoms with Crippen LogP contribution in [0.25, 0.3) is 0 Å². The Morgan fingerprint density at radius 3 is 2.43 bits per heavy atom. The van der Waals surface area contributed by atoms with E-state index in [2.05, 4.69) is 22.5 Å². The summed E-state index contributed by atoms with van der Waals surface area (Å²) in [6.45, 7) is 9.83. The number of hydrogen-bond donors (Lipinski definition) is 1. The van der Waals surface area contributed by atoms with Gasteiger partial charge in [0.2, 0.25) is 0 Å². The molecule has 0 atom stereocenters. The van der Waals surface area contributed by atoms with Crippen LogP contribution in [0.4, 0.5) is 0 Å². The second-order valence-electron chi connectivity index (χ2n) is 6.95. The van der Waals surface area contributed by atoms with Gasteiger partial charge in [0.1, 0.15) is 12.4 Å². The van der Waals surface area contributed by atoms with E-state index in [1.165, 1.54) is 11.3 Å². The zero-order chi connectivity index (χ0) is 20.3. The van der Waals surface area contributed by atoms with E-state index in [1.54, 1.807) is 7.11 Å². The molecule has 150 valence electrons. The number of hydrogen-bond acceptors (Lipinski definition) is 6. The molecule has 0 aliphatic carbocycles. The molecular weight excluding hydrogens is 356 g/mol. The number of methoxy groups -OCH3 is 1. The average molecular weight is 384 g/mol. The van der Waals surface area contributed by atoms with Gasteiger partial charge in [-0.05, 0) is 45.4 Å². The van der Waals surface area contributed by atoms with Crippen molar-refractivity contribution in [2.75, 3.05) is 7.11 Å². The van der Waals surface area contributed by atoms with Crippen LogP contribution in [-0.2, 0) is 26.7 Å². The molecule has 0 aliphatic heterocycles. The van der Waals surface area contributed by atoms with E-state index in [0.29, 0.717) is 18.1 Å². The summed E-state index contributed by atoms with van der Waals surface area (Å²) >= 11 is 0. The van der Waals surface area contributed by atoms with E-state index in [1.807, 2.05) is 50.7 Å². The Balaban J connectivity index is 1.62. The summed E-state index contributed by atoms with van der Waals surface area (Å²) in [5.74, 6) is 2.18. The quantitative estimate of drug-likeness (QED) is 0.641. The molecule has 0 saturated heterocycles. The van der Waals surface area contributed by atoms with Gasteiger partial charge in [0, 0.05) is 31.4 Å². The van der Waals surface area contributed by atoms with Crippen molar-refractivity contribution in [3.63, 3.8) is 0 Å². The monoisotopic (exact) mass is 384 g/mol. The Bertz CT molecular complexity index is 939. The van der Waals surface area contributed by atoms with Crippen molar-refractivity contribution in [1.82, 2.24) is 20.3 Å². The second-order valence-corrected chi connectivity index (χ2v) is 6.95. The molecular formula is C21H28N4O3. The first-order valence-corrected chi connectivity index (χ1v) is 9.32. The first-order valence-electron chi connectivity index (χ1n) is 9.32. The molecule has 0 bridgehead atoms. The van der Waals surface area contributed by atoms with E-state index in [9.17, 15) is 0 Å². The van der Waals surface area contributed by atoms with Gasteiger partial charge in [-0.15, -0.1) is 0 Å². The van der Waals surface area contributed by atoms with Crippen molar-refractivity contribution < 1.29 is 14.0 Å². The zero-order valence-electron chi connectivity index (χ0n) is 17.4. The van der Waals surface area contributed by atoms with Crippen LogP contribution in [0.2, 0.25) is 0 Å². The maximum absolute atomic E-state index is 5.94. The van der Waals surface area contributed by atoms with Crippen LogP contribution in [0.5, 0.6) is 11.5 Å². The Morgan fingerprint density at radius 2 is 1.82 bits per heavy atom. The van der Waals surface area contributed by atoms with Crippen molar-refractivity contribution in [1.29, 1.82) is 0 Å². The maximum Gasteiger partial charge on any atom is 0.161 e. The first kappa shape index (κ1) is 19.9. The molecule has 0 radical (unpaired) electrons. The predicted molar refractivity (Wildman–Crippen MR) is 107 cm³/mol. The van der Waals surface area contributed by atoms with Gasteiger partial charge < -0.3 is 19.3 Å². The third kappa shape index (κ3) is 4.20. The van der Waals surface area contributed by atoms with E-state index in [0.717, 1.165) is 41.4 Å². The number of aromatic nitrogens is 3. The standard InChI is InChI=1S/C21H28N4O3/c1-13-18(15(3)25(5)23-13)11-22-10-17-7-8-20(21(9-17)26-6)27-12-19-14(2)24-28-16(19)4/h7-9,22H,10-12H2,1-6H3. The molecule has 3 aromatic rings. The largest absolute Gasteiger partial charge is 0.493 e. The number of rotatable bonds is 8. The molecule has 2 aromatic heterocycles. The number of nitrogens with zero attached hydrogens (tertiary/aromatic N) is 3. The minimum atomic E-state index is 0.398. The van der Waals surface area contributed by atoms with Gasteiger partial charge in [-0.3, -0.25) is 4.68 Å². The Hall–Kier alpha value is -2.80. The van der Waals surface area contributed by atoms with Gasteiger partial charge in [0.25, 0.3) is 0 Å². The molecule has 0 fully saturated rings. The molecule has 28 heavy (non-hydrogen) atoms. The zero-order valence-corrected chi connectivity index (χ0v) is 17.4. The maximum atomic E-state index is 5.94. The average Bonchev–Trinajstić information content (AvgIpc) is 3.12. The van der Waals surface area contributed by atoms with Crippen LogP contribution in [0.3, 0.4) is 0 Å². The number of nitrogens with one attached hydrogen (secondary N) is 1. The van der Waals surface area contributed by atoms with Crippen LogP contribution in [0.15, 0.2) is 22.7 Å². The minimum Gasteiger partial charge on any atom is -0.493 e. The summed E-state index contributed by atoms with van der Waals surface area (Å²) in [6, 6.07) is 5.98.